The molecule has 5 N–H and O–H groups in total. The van der Waals surface area contributed by atoms with E-state index in [1.807, 2.05) is 0 Å². The van der Waals surface area contributed by atoms with Crippen molar-refractivity contribution in [2.24, 2.45) is 0 Å². The van der Waals surface area contributed by atoms with E-state index in [2.05, 4.69) is 20.3 Å². The second-order valence-electron chi connectivity index (χ2n) is 7.99. The standard InChI is InChI=1S/C21H22F3N7O2S/c1-11(13-5-14(21(22,23)24)7-15(25)6-13)28-20-17-9-31(10-18(17)29-12(2)30-20)34(32,33)16-3-4-19(26)27-8-16/h3-8,11H,9-10,25H2,1-2H3,(H2,26,27)(H,28,29,30)/t11-/m1/s1. The lowest BCUT2D eigenvalue weighted by Crippen LogP contribution is -2.26. The number of fused-ring (bicyclic) bond motifs is 1. The molecule has 0 unspecified atom stereocenters. The van der Waals surface area contributed by atoms with Crippen molar-refractivity contribution >= 4 is 27.3 Å². The van der Waals surface area contributed by atoms with Crippen molar-refractivity contribution in [2.75, 3.05) is 16.8 Å². The molecule has 0 saturated carbocycles. The molecule has 1 aliphatic heterocycles. The molecular weight excluding hydrogens is 471 g/mol. The number of aryl methyl sites for hydroxylation is 1. The Bertz CT molecular complexity index is 1350. The number of rotatable bonds is 5. The van der Waals surface area contributed by atoms with E-state index in [-0.39, 0.29) is 29.5 Å². The summed E-state index contributed by atoms with van der Waals surface area (Å²) >= 11 is 0. The molecule has 0 fully saturated rings. The Balaban J connectivity index is 1.63. The first-order valence-electron chi connectivity index (χ1n) is 10.2. The van der Waals surface area contributed by atoms with Crippen molar-refractivity contribution in [1.29, 1.82) is 0 Å². The summed E-state index contributed by atoms with van der Waals surface area (Å²) in [6.07, 6.45) is -3.35. The van der Waals surface area contributed by atoms with E-state index in [0.29, 0.717) is 28.5 Å². The van der Waals surface area contributed by atoms with Crippen LogP contribution in [0, 0.1) is 6.92 Å². The number of benzene rings is 1. The zero-order valence-corrected chi connectivity index (χ0v) is 19.1. The smallest absolute Gasteiger partial charge is 0.399 e. The minimum absolute atomic E-state index is 0.0118. The second-order valence-corrected chi connectivity index (χ2v) is 9.93. The lowest BCUT2D eigenvalue weighted by Gasteiger charge is -2.19. The number of sulfonamides is 1. The van der Waals surface area contributed by atoms with Crippen molar-refractivity contribution in [2.45, 2.75) is 44.1 Å². The fraction of sp³-hybridized carbons (Fsp3) is 0.286. The third kappa shape index (κ3) is 4.61. The Morgan fingerprint density at radius 1 is 1.12 bits per heavy atom. The van der Waals surface area contributed by atoms with Crippen molar-refractivity contribution in [3.05, 3.63) is 64.7 Å². The molecule has 13 heteroatoms. The molecule has 34 heavy (non-hydrogen) atoms. The quantitative estimate of drug-likeness (QED) is 0.460. The number of aromatic nitrogens is 3. The van der Waals surface area contributed by atoms with Crippen molar-refractivity contribution in [3.8, 4) is 0 Å². The molecule has 180 valence electrons. The molecule has 2 aromatic heterocycles. The predicted molar refractivity (Wildman–Crippen MR) is 120 cm³/mol. The summed E-state index contributed by atoms with van der Waals surface area (Å²) in [5.41, 5.74) is 11.7. The fourth-order valence-corrected chi connectivity index (χ4v) is 5.03. The summed E-state index contributed by atoms with van der Waals surface area (Å²) in [4.78, 5) is 12.6. The third-order valence-electron chi connectivity index (χ3n) is 5.42. The number of alkyl halides is 3. The van der Waals surface area contributed by atoms with Gasteiger partial charge in [-0.1, -0.05) is 0 Å². The highest BCUT2D eigenvalue weighted by molar-refractivity contribution is 7.89. The number of nitrogen functional groups attached to an aromatic ring is 2. The highest BCUT2D eigenvalue weighted by Gasteiger charge is 2.35. The molecule has 3 aromatic rings. The van der Waals surface area contributed by atoms with Crippen LogP contribution in [-0.2, 0) is 29.3 Å². The number of nitrogens with zero attached hydrogens (tertiary/aromatic N) is 4. The van der Waals surface area contributed by atoms with Crippen molar-refractivity contribution in [1.82, 2.24) is 19.3 Å². The van der Waals surface area contributed by atoms with Crippen molar-refractivity contribution < 1.29 is 21.6 Å². The van der Waals surface area contributed by atoms with Crippen LogP contribution in [0.3, 0.4) is 0 Å². The van der Waals surface area contributed by atoms with Gasteiger partial charge in [-0.2, -0.15) is 17.5 Å². The van der Waals surface area contributed by atoms with Gasteiger partial charge in [-0.25, -0.2) is 23.4 Å². The van der Waals surface area contributed by atoms with E-state index in [4.69, 9.17) is 11.5 Å². The summed E-state index contributed by atoms with van der Waals surface area (Å²) < 4.78 is 67.0. The van der Waals surface area contributed by atoms with Gasteiger partial charge in [0.15, 0.2) is 0 Å². The molecule has 1 aliphatic rings. The molecule has 3 heterocycles. The second kappa shape index (κ2) is 8.40. The van der Waals surface area contributed by atoms with Crippen LogP contribution in [0.4, 0.5) is 30.5 Å². The number of hydrogen-bond donors (Lipinski definition) is 3. The van der Waals surface area contributed by atoms with E-state index in [0.717, 1.165) is 12.1 Å². The first-order chi connectivity index (χ1) is 15.8. The fourth-order valence-electron chi connectivity index (χ4n) is 3.71. The Morgan fingerprint density at radius 3 is 2.50 bits per heavy atom. The molecule has 0 bridgehead atoms. The summed E-state index contributed by atoms with van der Waals surface area (Å²) in [6.45, 7) is 3.33. The maximum absolute atomic E-state index is 13.2. The van der Waals surface area contributed by atoms with Crippen LogP contribution in [0.1, 0.15) is 41.2 Å². The monoisotopic (exact) mass is 493 g/mol. The molecule has 0 amide bonds. The highest BCUT2D eigenvalue weighted by Crippen LogP contribution is 2.35. The SMILES string of the molecule is Cc1nc2c(c(N[C@H](C)c3cc(N)cc(C(F)(F)F)c3)n1)CN(S(=O)(=O)c1ccc(N)nc1)C2. The lowest BCUT2D eigenvalue weighted by atomic mass is 10.0. The van der Waals surface area contributed by atoms with Gasteiger partial charge >= 0.3 is 6.18 Å². The van der Waals surface area contributed by atoms with Crippen LogP contribution in [-0.4, -0.2) is 27.7 Å². The molecule has 1 aromatic carbocycles. The first-order valence-corrected chi connectivity index (χ1v) is 11.6. The predicted octanol–water partition coefficient (Wildman–Crippen LogP) is 3.24. The Labute approximate surface area is 194 Å². The summed E-state index contributed by atoms with van der Waals surface area (Å²) in [6, 6.07) is 5.51. The van der Waals surface area contributed by atoms with Gasteiger partial charge in [-0.05, 0) is 49.7 Å². The zero-order valence-electron chi connectivity index (χ0n) is 18.3. The summed E-state index contributed by atoms with van der Waals surface area (Å²) in [7, 11) is -3.88. The van der Waals surface area contributed by atoms with E-state index in [1.54, 1.807) is 13.8 Å². The van der Waals surface area contributed by atoms with Gasteiger partial charge in [0.1, 0.15) is 22.4 Å². The van der Waals surface area contributed by atoms with Gasteiger partial charge in [-0.3, -0.25) is 0 Å². The largest absolute Gasteiger partial charge is 0.416 e. The van der Waals surface area contributed by atoms with Crippen LogP contribution < -0.4 is 16.8 Å². The Morgan fingerprint density at radius 2 is 1.85 bits per heavy atom. The van der Waals surface area contributed by atoms with E-state index < -0.39 is 27.8 Å². The number of nitrogens with one attached hydrogen (secondary N) is 1. The minimum atomic E-state index is -4.54. The van der Waals surface area contributed by atoms with Gasteiger partial charge in [0.05, 0.1) is 23.8 Å². The van der Waals surface area contributed by atoms with Crippen LogP contribution in [0.5, 0.6) is 0 Å². The van der Waals surface area contributed by atoms with Gasteiger partial charge in [0.2, 0.25) is 10.0 Å². The normalized spacial score (nSPS) is 15.2. The number of pyridine rings is 1. The van der Waals surface area contributed by atoms with E-state index in [1.165, 1.54) is 28.7 Å². The topological polar surface area (TPSA) is 140 Å². The molecule has 4 rings (SSSR count). The van der Waals surface area contributed by atoms with E-state index >= 15 is 0 Å². The molecule has 1 atom stereocenters. The van der Waals surface area contributed by atoms with E-state index in [9.17, 15) is 21.6 Å². The average Bonchev–Trinajstić information content (AvgIpc) is 3.18. The van der Waals surface area contributed by atoms with Crippen LogP contribution in [0.25, 0.3) is 0 Å². The van der Waals surface area contributed by atoms with Crippen LogP contribution in [0.15, 0.2) is 41.4 Å². The summed E-state index contributed by atoms with van der Waals surface area (Å²) in [5.74, 6) is 0.936. The molecule has 0 aliphatic carbocycles. The van der Waals surface area contributed by atoms with Gasteiger partial charge in [0, 0.05) is 24.0 Å². The first kappa shape index (κ1) is 23.7. The van der Waals surface area contributed by atoms with Crippen LogP contribution >= 0.6 is 0 Å². The molecule has 9 nitrogen and oxygen atoms in total. The summed E-state index contributed by atoms with van der Waals surface area (Å²) in [5, 5.41) is 3.10. The highest BCUT2D eigenvalue weighted by atomic mass is 32.2. The average molecular weight is 494 g/mol. The zero-order chi connectivity index (χ0) is 24.8. The van der Waals surface area contributed by atoms with Gasteiger partial charge in [-0.15, -0.1) is 0 Å². The number of anilines is 3. The van der Waals surface area contributed by atoms with Crippen LogP contribution in [0.2, 0.25) is 0 Å². The maximum Gasteiger partial charge on any atom is 0.416 e. The third-order valence-corrected chi connectivity index (χ3v) is 7.20. The number of hydrogen-bond acceptors (Lipinski definition) is 8. The Hall–Kier alpha value is -3.45. The number of halogens is 3. The molecule has 0 radical (unpaired) electrons. The molecular formula is C21H22F3N7O2S. The van der Waals surface area contributed by atoms with Crippen molar-refractivity contribution in [3.63, 3.8) is 0 Å². The number of nitrogens with two attached hydrogens (primary N) is 2. The minimum Gasteiger partial charge on any atom is -0.399 e. The van der Waals surface area contributed by atoms with Gasteiger partial charge < -0.3 is 16.8 Å². The maximum atomic E-state index is 13.2. The Kier molecular flexibility index (Phi) is 5.85. The molecule has 0 spiro atoms. The van der Waals surface area contributed by atoms with Gasteiger partial charge in [0.25, 0.3) is 0 Å². The lowest BCUT2D eigenvalue weighted by molar-refractivity contribution is -0.137. The molecule has 0 saturated heterocycles.